The van der Waals surface area contributed by atoms with Crippen LogP contribution in [0.3, 0.4) is 0 Å². The number of nitrogens with zero attached hydrogens (tertiary/aromatic N) is 3. The van der Waals surface area contributed by atoms with Gasteiger partial charge in [0, 0.05) is 61.9 Å². The van der Waals surface area contributed by atoms with Gasteiger partial charge in [0.1, 0.15) is 39.7 Å². The molecule has 1 aliphatic rings. The molecule has 18 nitrogen and oxygen atoms in total. The van der Waals surface area contributed by atoms with E-state index in [1.54, 1.807) is 105 Å². The van der Waals surface area contributed by atoms with E-state index in [1.807, 2.05) is 18.2 Å². The number of carbonyl (C=O) groups is 6. The van der Waals surface area contributed by atoms with Gasteiger partial charge in [0.2, 0.25) is 17.7 Å². The van der Waals surface area contributed by atoms with Gasteiger partial charge in [-0.15, -0.1) is 0 Å². The second-order valence-corrected chi connectivity index (χ2v) is 22.3. The van der Waals surface area contributed by atoms with E-state index in [0.717, 1.165) is 0 Å². The van der Waals surface area contributed by atoms with Gasteiger partial charge in [0.05, 0.1) is 16.5 Å². The number of unbranched alkanes of at least 4 members (excludes halogenated alkanes) is 1. The van der Waals surface area contributed by atoms with E-state index in [9.17, 15) is 29.1 Å². The predicted molar refractivity (Wildman–Crippen MR) is 274 cm³/mol. The van der Waals surface area contributed by atoms with Crippen LogP contribution in [0, 0.1) is 0 Å². The number of benzene rings is 2. The topological polar surface area (TPSA) is 232 Å². The van der Waals surface area contributed by atoms with Gasteiger partial charge in [-0.1, -0.05) is 52.0 Å². The first-order chi connectivity index (χ1) is 33.3. The number of fused-ring (bicyclic) bond motifs is 3. The smallest absolute Gasteiger partial charge is 0.419 e. The molecule has 3 atom stereocenters. The van der Waals surface area contributed by atoms with Gasteiger partial charge in [-0.05, 0) is 135 Å². The fourth-order valence-corrected chi connectivity index (χ4v) is 9.19. The summed E-state index contributed by atoms with van der Waals surface area (Å²) in [5.41, 5.74) is 0.180. The number of phenolic OH excluding ortho intramolecular Hbond substituents is 1. The standard InChI is InChI=1S/C51H69BrN8O10S/c1-49(2,3)68-46(65)54-22-14-13-19-37-45(64)59(10)39(26-33-30-60(48(67)70-51(7,8)9)38-21-12-11-18-35(33)38)43(63)57-29-32-25-34(52)27-40(61)41(32)71-44-31(17-15-23-53-44)28-56-36(42(62)58-37)20-16-24-55-47(66)69-50(4,5)6/h11-12,15,17-18,21,23,25,27,30,36-37,39,56,61H,13-14,16,19-20,22,24,26,28-29H2,1-10H3,(H,54,65)(H,55,66)(H,57,63)(H,58,62)/t36-,37-,39-/m0/s1. The Morgan fingerprint density at radius 3 is 2.10 bits per heavy atom. The maximum atomic E-state index is 15.1. The molecular formula is C51H69BrN8O10S. The Labute approximate surface area is 428 Å². The molecule has 5 rings (SSSR count). The minimum absolute atomic E-state index is 0.0532. The van der Waals surface area contributed by atoms with Crippen molar-refractivity contribution in [1.82, 2.24) is 41.0 Å². The average molecular weight is 1070 g/mol. The Balaban J connectivity index is 1.56. The number of alkyl carbamates (subject to hydrolysis) is 2. The molecule has 71 heavy (non-hydrogen) atoms. The maximum Gasteiger partial charge on any atom is 0.419 e. The number of phenols is 1. The first kappa shape index (κ1) is 56.1. The molecule has 0 unspecified atom stereocenters. The van der Waals surface area contributed by atoms with E-state index in [2.05, 4.69) is 47.5 Å². The van der Waals surface area contributed by atoms with Crippen molar-refractivity contribution < 1.29 is 48.1 Å². The summed E-state index contributed by atoms with van der Waals surface area (Å²) >= 11 is 4.69. The first-order valence-corrected chi connectivity index (χ1v) is 25.4. The van der Waals surface area contributed by atoms with Gasteiger partial charge in [0.15, 0.2) is 0 Å². The van der Waals surface area contributed by atoms with Crippen LogP contribution < -0.4 is 26.6 Å². The van der Waals surface area contributed by atoms with Gasteiger partial charge in [0.25, 0.3) is 0 Å². The van der Waals surface area contributed by atoms with E-state index < -0.39 is 70.9 Å². The first-order valence-electron chi connectivity index (χ1n) is 23.8. The molecule has 4 aromatic rings. The number of ether oxygens (including phenoxy) is 3. The Morgan fingerprint density at radius 2 is 1.44 bits per heavy atom. The highest BCUT2D eigenvalue weighted by atomic mass is 79.9. The van der Waals surface area contributed by atoms with Crippen LogP contribution in [0.5, 0.6) is 5.75 Å². The Kier molecular flexibility index (Phi) is 19.4. The van der Waals surface area contributed by atoms with E-state index in [4.69, 9.17) is 14.2 Å². The summed E-state index contributed by atoms with van der Waals surface area (Å²) in [6, 6.07) is 10.9. The molecule has 0 radical (unpaired) electrons. The third-order valence-corrected chi connectivity index (χ3v) is 12.6. The van der Waals surface area contributed by atoms with E-state index in [0.29, 0.717) is 61.2 Å². The van der Waals surface area contributed by atoms with Crippen LogP contribution in [0.4, 0.5) is 14.4 Å². The molecule has 0 saturated carbocycles. The number of hydrogen-bond donors (Lipinski definition) is 6. The molecule has 386 valence electrons. The second kappa shape index (κ2) is 24.5. The highest BCUT2D eigenvalue weighted by molar-refractivity contribution is 9.10. The normalized spacial score (nSPS) is 17.5. The molecule has 0 fully saturated rings. The Morgan fingerprint density at radius 1 is 0.803 bits per heavy atom. The van der Waals surface area contributed by atoms with Crippen LogP contribution in [0.1, 0.15) is 111 Å². The maximum absolute atomic E-state index is 15.1. The SMILES string of the molecule is CN1C(=O)[C@H](CCCCNC(=O)OC(C)(C)C)NC(=O)[C@H](CCCNC(=O)OC(C)(C)C)NCc2cccnc2Sc2c(O)cc(Br)cc2CNC(=O)[C@@H]1Cc1cn(C(=O)OC(C)(C)C)c2ccccc12. The number of carbonyl (C=O) groups excluding carboxylic acids is 6. The number of nitrogens with one attached hydrogen (secondary N) is 5. The van der Waals surface area contributed by atoms with E-state index in [-0.39, 0.29) is 51.2 Å². The fourth-order valence-electron chi connectivity index (χ4n) is 7.70. The van der Waals surface area contributed by atoms with E-state index in [1.165, 1.54) is 28.3 Å². The zero-order valence-electron chi connectivity index (χ0n) is 42.3. The third kappa shape index (κ3) is 17.2. The number of rotatable bonds is 11. The quantitative estimate of drug-likeness (QED) is 0.0617. The van der Waals surface area contributed by atoms with Crippen molar-refractivity contribution in [2.45, 2.75) is 159 Å². The number of para-hydroxylation sites is 1. The zero-order chi connectivity index (χ0) is 52.3. The predicted octanol–water partition coefficient (Wildman–Crippen LogP) is 8.08. The number of likely N-dealkylation sites (N-methyl/N-ethyl adjacent to an activating group) is 1. The Bertz CT molecular complexity index is 2550. The minimum atomic E-state index is -1.20. The van der Waals surface area contributed by atoms with Crippen molar-refractivity contribution in [3.05, 3.63) is 82.1 Å². The molecule has 0 bridgehead atoms. The lowest BCUT2D eigenvalue weighted by molar-refractivity contribution is -0.142. The van der Waals surface area contributed by atoms with Crippen LogP contribution in [-0.4, -0.2) is 111 Å². The third-order valence-electron chi connectivity index (χ3n) is 10.9. The van der Waals surface area contributed by atoms with Crippen molar-refractivity contribution in [2.24, 2.45) is 0 Å². The number of amides is 5. The van der Waals surface area contributed by atoms with Crippen LogP contribution in [0.25, 0.3) is 10.9 Å². The van der Waals surface area contributed by atoms with Crippen LogP contribution in [0.15, 0.2) is 75.3 Å². The summed E-state index contributed by atoms with van der Waals surface area (Å²) < 4.78 is 18.5. The van der Waals surface area contributed by atoms with Gasteiger partial charge in [-0.2, -0.15) is 0 Å². The van der Waals surface area contributed by atoms with E-state index >= 15 is 4.79 Å². The number of pyridine rings is 1. The monoisotopic (exact) mass is 1060 g/mol. The second-order valence-electron chi connectivity index (χ2n) is 20.4. The lowest BCUT2D eigenvalue weighted by Crippen LogP contribution is -2.57. The number of aromatic hydroxyl groups is 1. The van der Waals surface area contributed by atoms with Gasteiger partial charge in [-0.3, -0.25) is 19.0 Å². The number of halogens is 1. The lowest BCUT2D eigenvalue weighted by Gasteiger charge is -2.32. The van der Waals surface area contributed by atoms with Crippen molar-refractivity contribution >= 4 is 74.6 Å². The molecule has 5 amide bonds. The summed E-state index contributed by atoms with van der Waals surface area (Å²) in [6.07, 6.45) is 2.90. The van der Waals surface area contributed by atoms with Crippen molar-refractivity contribution in [1.29, 1.82) is 0 Å². The molecule has 0 spiro atoms. The summed E-state index contributed by atoms with van der Waals surface area (Å²) in [5, 5.41) is 27.4. The Hall–Kier alpha value is -5.86. The molecular weight excluding hydrogens is 997 g/mol. The van der Waals surface area contributed by atoms with Crippen molar-refractivity contribution in [2.75, 3.05) is 20.1 Å². The summed E-state index contributed by atoms with van der Waals surface area (Å²) in [4.78, 5) is 89.5. The summed E-state index contributed by atoms with van der Waals surface area (Å²) in [5.74, 6) is -1.67. The van der Waals surface area contributed by atoms with Crippen molar-refractivity contribution in [3.8, 4) is 5.75 Å². The molecule has 3 heterocycles. The van der Waals surface area contributed by atoms with Crippen molar-refractivity contribution in [3.63, 3.8) is 0 Å². The zero-order valence-corrected chi connectivity index (χ0v) is 44.7. The molecule has 20 heteroatoms. The highest BCUT2D eigenvalue weighted by Crippen LogP contribution is 2.40. The summed E-state index contributed by atoms with van der Waals surface area (Å²) in [7, 11) is 1.50. The summed E-state index contributed by atoms with van der Waals surface area (Å²) in [6.45, 7) is 16.4. The molecule has 1 aliphatic heterocycles. The van der Waals surface area contributed by atoms with Crippen LogP contribution >= 0.6 is 27.7 Å². The van der Waals surface area contributed by atoms with Crippen LogP contribution in [-0.2, 0) is 48.1 Å². The highest BCUT2D eigenvalue weighted by Gasteiger charge is 2.35. The van der Waals surface area contributed by atoms with Gasteiger partial charge >= 0.3 is 18.3 Å². The van der Waals surface area contributed by atoms with Crippen LogP contribution in [0.2, 0.25) is 0 Å². The largest absolute Gasteiger partial charge is 0.507 e. The van der Waals surface area contributed by atoms with Gasteiger partial charge in [-0.25, -0.2) is 19.4 Å². The fraction of sp³-hybridized carbons (Fsp3) is 0.510. The molecule has 0 saturated heterocycles. The number of hydrogen-bond acceptors (Lipinski definition) is 13. The molecule has 6 N–H and O–H groups in total. The molecule has 2 aromatic carbocycles. The minimum Gasteiger partial charge on any atom is -0.507 e. The molecule has 2 aromatic heterocycles. The lowest BCUT2D eigenvalue weighted by atomic mass is 10.0. The molecule has 0 aliphatic carbocycles. The number of aromatic nitrogens is 2. The van der Waals surface area contributed by atoms with Gasteiger partial charge < -0.3 is 50.8 Å². The average Bonchev–Trinajstić information content (AvgIpc) is 3.63.